The van der Waals surface area contributed by atoms with E-state index >= 15 is 0 Å². The lowest BCUT2D eigenvalue weighted by Gasteiger charge is -2.62. The average molecular weight is 698 g/mol. The monoisotopic (exact) mass is 697 g/mol. The maximum Gasteiger partial charge on any atom is 0.492 e. The molecule has 12 nitrogen and oxygen atoms in total. The van der Waals surface area contributed by atoms with Crippen LogP contribution in [0.15, 0.2) is 60.8 Å². The second kappa shape index (κ2) is 14.1. The van der Waals surface area contributed by atoms with E-state index < -0.39 is 30.8 Å². The van der Waals surface area contributed by atoms with Crippen LogP contribution >= 0.6 is 0 Å². The fourth-order valence-electron chi connectivity index (χ4n) is 9.42. The first-order valence-electron chi connectivity index (χ1n) is 18.2. The highest BCUT2D eigenvalue weighted by Crippen LogP contribution is 2.63. The molecule has 1 aliphatic heterocycles. The Morgan fingerprint density at radius 1 is 1.06 bits per heavy atom. The number of amides is 2. The van der Waals surface area contributed by atoms with Gasteiger partial charge in [-0.15, -0.1) is 5.10 Å². The molecule has 6 atom stereocenters. The molecule has 5 aliphatic rings. The molecule has 51 heavy (non-hydrogen) atoms. The minimum atomic E-state index is -1.04. The number of nitrogens with one attached hydrogen (secondary N) is 2. The van der Waals surface area contributed by atoms with Crippen LogP contribution in [0.5, 0.6) is 0 Å². The van der Waals surface area contributed by atoms with Gasteiger partial charge in [0.25, 0.3) is 0 Å². The number of carbonyl (C=O) groups excluding carboxylic acids is 3. The summed E-state index contributed by atoms with van der Waals surface area (Å²) >= 11 is 0. The highest BCUT2D eigenvalue weighted by Gasteiger charge is 2.58. The zero-order valence-corrected chi connectivity index (χ0v) is 29.7. The van der Waals surface area contributed by atoms with E-state index in [1.54, 1.807) is 10.9 Å². The van der Waals surface area contributed by atoms with Crippen molar-refractivity contribution in [3.8, 4) is 0 Å². The van der Waals surface area contributed by atoms with Crippen molar-refractivity contribution in [3.63, 3.8) is 0 Å². The van der Waals surface area contributed by atoms with Crippen molar-refractivity contribution < 1.29 is 33.5 Å². The molecule has 8 rings (SSSR count). The van der Waals surface area contributed by atoms with Crippen LogP contribution in [0, 0.1) is 17.3 Å². The SMILES string of the molecule is CC(C)(C)OC(=O)NC12C[C@@H]3C[C@@H](CC(CCC(=O)N[C@@H](CCn4cc(C5OB(O)c6ccccc65)nn4)C(=O)OCc4ccccc4)(C3)C1)C2. The maximum atomic E-state index is 13.6. The molecule has 4 bridgehead atoms. The first-order chi connectivity index (χ1) is 24.4. The predicted molar refractivity (Wildman–Crippen MR) is 188 cm³/mol. The summed E-state index contributed by atoms with van der Waals surface area (Å²) in [4.78, 5) is 39.9. The summed E-state index contributed by atoms with van der Waals surface area (Å²) in [7, 11) is -1.04. The molecule has 2 aromatic carbocycles. The zero-order valence-electron chi connectivity index (χ0n) is 29.7. The Kier molecular flexibility index (Phi) is 9.70. The molecule has 0 radical (unpaired) electrons. The minimum absolute atomic E-state index is 0.0363. The maximum absolute atomic E-state index is 13.6. The summed E-state index contributed by atoms with van der Waals surface area (Å²) in [5.74, 6) is 0.317. The molecule has 3 unspecified atom stereocenters. The standard InChI is InChI=1S/C38H48BN5O7/c1-36(2,3)50-35(47)41-38-20-26-17-27(21-38)19-37(18-26,24-38)15-13-32(45)40-30(34(46)49-23-25-9-5-4-6-10-25)14-16-44-22-31(42-43-44)33-28-11-7-8-12-29(28)39(48)51-33/h4-12,22,26-27,30,33,48H,13-21,23-24H2,1-3H3,(H,40,45)(H,41,47)/t26-,27+,30-,33?,37?,38?/m0/s1. The molecule has 0 spiro atoms. The molecule has 3 aromatic rings. The number of ether oxygens (including phenoxy) is 2. The van der Waals surface area contributed by atoms with Gasteiger partial charge in [-0.2, -0.15) is 0 Å². The van der Waals surface area contributed by atoms with Crippen LogP contribution in [0.1, 0.15) is 101 Å². The Balaban J connectivity index is 0.993. The topological polar surface area (TPSA) is 154 Å². The third kappa shape index (κ3) is 8.15. The van der Waals surface area contributed by atoms with Crippen LogP contribution in [-0.2, 0) is 36.9 Å². The van der Waals surface area contributed by atoms with E-state index in [4.69, 9.17) is 14.1 Å². The lowest BCUT2D eigenvalue weighted by molar-refractivity contribution is -0.149. The number of esters is 1. The van der Waals surface area contributed by atoms with Gasteiger partial charge >= 0.3 is 19.2 Å². The number of hydrogen-bond donors (Lipinski definition) is 3. The number of hydrogen-bond acceptors (Lipinski definition) is 9. The van der Waals surface area contributed by atoms with Crippen LogP contribution < -0.4 is 16.1 Å². The fourth-order valence-corrected chi connectivity index (χ4v) is 9.42. The van der Waals surface area contributed by atoms with E-state index in [1.165, 1.54) is 6.42 Å². The third-order valence-electron chi connectivity index (χ3n) is 11.0. The van der Waals surface area contributed by atoms with Crippen LogP contribution in [0.2, 0.25) is 0 Å². The summed E-state index contributed by atoms with van der Waals surface area (Å²) in [5.41, 5.74) is 2.02. The van der Waals surface area contributed by atoms with E-state index in [0.29, 0.717) is 36.0 Å². The number of alkyl carbamates (subject to hydrolysis) is 1. The minimum Gasteiger partial charge on any atom is -0.459 e. The zero-order chi connectivity index (χ0) is 35.8. The molecule has 0 saturated heterocycles. The van der Waals surface area contributed by atoms with Crippen molar-refractivity contribution in [2.75, 3.05) is 0 Å². The van der Waals surface area contributed by atoms with E-state index in [2.05, 4.69) is 20.9 Å². The fraction of sp³-hybridized carbons (Fsp3) is 0.553. The quantitative estimate of drug-likeness (QED) is 0.185. The summed E-state index contributed by atoms with van der Waals surface area (Å²) in [6.07, 6.45) is 8.05. The molecule has 2 amide bonds. The van der Waals surface area contributed by atoms with Crippen LogP contribution in [0.3, 0.4) is 0 Å². The first-order valence-corrected chi connectivity index (χ1v) is 18.2. The predicted octanol–water partition coefficient (Wildman–Crippen LogP) is 4.35. The second-order valence-electron chi connectivity index (χ2n) is 16.3. The lowest BCUT2D eigenvalue weighted by atomic mass is 9.46. The van der Waals surface area contributed by atoms with E-state index in [0.717, 1.165) is 43.2 Å². The third-order valence-corrected chi connectivity index (χ3v) is 11.0. The Labute approximate surface area is 299 Å². The van der Waals surface area contributed by atoms with Gasteiger partial charge in [0.05, 0.1) is 6.20 Å². The Bertz CT molecular complexity index is 1730. The second-order valence-corrected chi connectivity index (χ2v) is 16.3. The van der Waals surface area contributed by atoms with Gasteiger partial charge in [-0.25, -0.2) is 9.59 Å². The Hall–Kier alpha value is -4.23. The molecule has 2 heterocycles. The molecule has 1 aromatic heterocycles. The molecule has 13 heteroatoms. The van der Waals surface area contributed by atoms with Crippen molar-refractivity contribution in [1.29, 1.82) is 0 Å². The molecular weight excluding hydrogens is 649 g/mol. The molecule has 4 fully saturated rings. The Morgan fingerprint density at radius 2 is 1.78 bits per heavy atom. The number of nitrogens with zero attached hydrogens (tertiary/aromatic N) is 3. The van der Waals surface area contributed by atoms with E-state index in [-0.39, 0.29) is 42.4 Å². The number of carbonyl (C=O) groups is 3. The molecule has 4 aliphatic carbocycles. The number of benzene rings is 2. The highest BCUT2D eigenvalue weighted by molar-refractivity contribution is 6.61. The molecular formula is C38H48BN5O7. The first kappa shape index (κ1) is 35.2. The van der Waals surface area contributed by atoms with Gasteiger partial charge in [-0.3, -0.25) is 9.48 Å². The van der Waals surface area contributed by atoms with Crippen molar-refractivity contribution >= 4 is 30.6 Å². The van der Waals surface area contributed by atoms with Gasteiger partial charge in [0.1, 0.15) is 30.0 Å². The van der Waals surface area contributed by atoms with Crippen molar-refractivity contribution in [2.45, 2.75) is 115 Å². The van der Waals surface area contributed by atoms with E-state index in [1.807, 2.05) is 75.4 Å². The van der Waals surface area contributed by atoms with Crippen LogP contribution in [-0.4, -0.2) is 62.3 Å². The van der Waals surface area contributed by atoms with Crippen LogP contribution in [0.25, 0.3) is 0 Å². The largest absolute Gasteiger partial charge is 0.492 e. The number of aromatic nitrogens is 3. The van der Waals surface area contributed by atoms with Gasteiger partial charge in [0, 0.05) is 18.5 Å². The highest BCUT2D eigenvalue weighted by atomic mass is 16.6. The van der Waals surface area contributed by atoms with Gasteiger partial charge in [0.15, 0.2) is 0 Å². The average Bonchev–Trinajstić information content (AvgIpc) is 3.67. The van der Waals surface area contributed by atoms with Gasteiger partial charge in [-0.05, 0) is 106 Å². The van der Waals surface area contributed by atoms with Gasteiger partial charge < -0.3 is 29.8 Å². The Morgan fingerprint density at radius 3 is 2.53 bits per heavy atom. The molecule has 4 saturated carbocycles. The number of rotatable bonds is 12. The molecule has 270 valence electrons. The van der Waals surface area contributed by atoms with E-state index in [9.17, 15) is 19.4 Å². The normalized spacial score (nSPS) is 26.7. The lowest BCUT2D eigenvalue weighted by Crippen LogP contribution is -2.63. The van der Waals surface area contributed by atoms with Crippen molar-refractivity contribution in [3.05, 3.63) is 77.6 Å². The van der Waals surface area contributed by atoms with Crippen LogP contribution in [0.4, 0.5) is 4.79 Å². The summed E-state index contributed by atoms with van der Waals surface area (Å²) in [6.45, 7) is 6.01. The molecule has 3 N–H and O–H groups in total. The van der Waals surface area contributed by atoms with Crippen molar-refractivity contribution in [2.24, 2.45) is 17.3 Å². The van der Waals surface area contributed by atoms with Gasteiger partial charge in [-0.1, -0.05) is 59.8 Å². The summed E-state index contributed by atoms with van der Waals surface area (Å²) in [5, 5.41) is 25.2. The smallest absolute Gasteiger partial charge is 0.459 e. The van der Waals surface area contributed by atoms with Gasteiger partial charge in [0.2, 0.25) is 5.91 Å². The summed E-state index contributed by atoms with van der Waals surface area (Å²) < 4.78 is 18.7. The van der Waals surface area contributed by atoms with Crippen molar-refractivity contribution in [1.82, 2.24) is 25.6 Å². The number of aryl methyl sites for hydroxylation is 1. The summed E-state index contributed by atoms with van der Waals surface area (Å²) in [6, 6.07) is 16.0. The number of fused-ring (bicyclic) bond motifs is 1.